The third-order valence-corrected chi connectivity index (χ3v) is 11.9. The van der Waals surface area contributed by atoms with Crippen LogP contribution in [0.2, 0.25) is 0 Å². The van der Waals surface area contributed by atoms with E-state index in [1.807, 2.05) is 60.7 Å². The van der Waals surface area contributed by atoms with Gasteiger partial charge < -0.3 is 4.57 Å². The summed E-state index contributed by atoms with van der Waals surface area (Å²) in [5.41, 5.74) is 10.9. The van der Waals surface area contributed by atoms with Crippen molar-refractivity contribution in [1.29, 1.82) is 0 Å². The molecule has 2 heteroatoms. The van der Waals surface area contributed by atoms with E-state index in [-0.39, 0.29) is 0 Å². The molecule has 0 aromatic heterocycles. The van der Waals surface area contributed by atoms with Crippen molar-refractivity contribution in [2.45, 2.75) is 12.3 Å². The van der Waals surface area contributed by atoms with E-state index in [9.17, 15) is 0 Å². The monoisotopic (exact) mass is 530 g/mol. The molecule has 0 heterocycles. The molecule has 1 nitrogen and oxygen atoms in total. The number of aryl methyl sites for hydroxylation is 1. The summed E-state index contributed by atoms with van der Waals surface area (Å²) in [7, 11) is -3.14. The summed E-state index contributed by atoms with van der Waals surface area (Å²) in [6.45, 7) is 2.17. The lowest BCUT2D eigenvalue weighted by Crippen LogP contribution is -2.29. The Morgan fingerprint density at radius 1 is 0.425 bits per heavy atom. The van der Waals surface area contributed by atoms with E-state index in [4.69, 9.17) is 0 Å². The first-order valence-electron chi connectivity index (χ1n) is 13.8. The van der Waals surface area contributed by atoms with Crippen LogP contribution in [-0.4, -0.2) is 0 Å². The van der Waals surface area contributed by atoms with Gasteiger partial charge >= 0.3 is 0 Å². The van der Waals surface area contributed by atoms with Crippen LogP contribution in [-0.2, 0) is 9.98 Å². The fourth-order valence-corrected chi connectivity index (χ4v) is 9.83. The van der Waals surface area contributed by atoms with Crippen LogP contribution in [0.3, 0.4) is 0 Å². The second-order valence-corrected chi connectivity index (χ2v) is 13.7. The molecule has 0 N–H and O–H groups in total. The van der Waals surface area contributed by atoms with Gasteiger partial charge in [0.1, 0.15) is 0 Å². The molecule has 2 aliphatic rings. The molecule has 190 valence electrons. The van der Waals surface area contributed by atoms with Gasteiger partial charge in [0, 0.05) is 15.9 Å². The lowest BCUT2D eigenvalue weighted by atomic mass is 9.70. The molecule has 2 aliphatic carbocycles. The Hall–Kier alpha value is -4.45. The van der Waals surface area contributed by atoms with Gasteiger partial charge in [-0.15, -0.1) is 0 Å². The summed E-state index contributed by atoms with van der Waals surface area (Å²) in [6, 6.07) is 51.1. The summed E-state index contributed by atoms with van der Waals surface area (Å²) in [5, 5.41) is 2.58. The van der Waals surface area contributed by atoms with Gasteiger partial charge in [0.15, 0.2) is 7.14 Å². The van der Waals surface area contributed by atoms with Crippen molar-refractivity contribution in [2.75, 3.05) is 0 Å². The van der Waals surface area contributed by atoms with Crippen molar-refractivity contribution >= 4 is 23.1 Å². The van der Waals surface area contributed by atoms with Crippen LogP contribution in [0.5, 0.6) is 0 Å². The van der Waals surface area contributed by atoms with E-state index in [0.717, 1.165) is 15.9 Å². The average molecular weight is 531 g/mol. The predicted octanol–water partition coefficient (Wildman–Crippen LogP) is 7.98. The quantitative estimate of drug-likeness (QED) is 0.212. The Morgan fingerprint density at radius 2 is 0.875 bits per heavy atom. The van der Waals surface area contributed by atoms with Crippen LogP contribution in [0, 0.1) is 6.92 Å². The van der Waals surface area contributed by atoms with Crippen LogP contribution >= 0.6 is 7.14 Å². The number of rotatable bonds is 3. The zero-order valence-corrected chi connectivity index (χ0v) is 23.1. The lowest BCUT2D eigenvalue weighted by molar-refractivity contribution is 0.592. The maximum Gasteiger partial charge on any atom is 0.171 e. The van der Waals surface area contributed by atoms with Gasteiger partial charge in [-0.05, 0) is 57.5 Å². The summed E-state index contributed by atoms with van der Waals surface area (Å²) < 4.78 is 15.4. The maximum absolute atomic E-state index is 15.4. The molecular formula is C38H27OP. The predicted molar refractivity (Wildman–Crippen MR) is 167 cm³/mol. The topological polar surface area (TPSA) is 17.1 Å². The fraction of sp³-hybridized carbons (Fsp3) is 0.0526. The average Bonchev–Trinajstić information content (AvgIpc) is 3.48. The second-order valence-electron chi connectivity index (χ2n) is 10.9. The van der Waals surface area contributed by atoms with Crippen molar-refractivity contribution < 1.29 is 4.57 Å². The van der Waals surface area contributed by atoms with Crippen molar-refractivity contribution in [2.24, 2.45) is 0 Å². The number of fused-ring (bicyclic) bond motifs is 10. The van der Waals surface area contributed by atoms with Crippen LogP contribution < -0.4 is 15.9 Å². The highest BCUT2D eigenvalue weighted by atomic mass is 31.2. The first-order valence-corrected chi connectivity index (χ1v) is 15.5. The molecule has 0 fully saturated rings. The molecule has 8 rings (SSSR count). The summed E-state index contributed by atoms with van der Waals surface area (Å²) in [4.78, 5) is 0. The minimum absolute atomic E-state index is 0.460. The van der Waals surface area contributed by atoms with Gasteiger partial charge in [0.05, 0.1) is 5.41 Å². The summed E-state index contributed by atoms with van der Waals surface area (Å²) in [6.07, 6.45) is 0. The van der Waals surface area contributed by atoms with Crippen LogP contribution in [0.4, 0.5) is 0 Å². The highest BCUT2D eigenvalue weighted by Crippen LogP contribution is 2.63. The summed E-state index contributed by atoms with van der Waals surface area (Å²) in [5.74, 6) is 0. The molecule has 40 heavy (non-hydrogen) atoms. The first-order chi connectivity index (χ1) is 19.6. The SMILES string of the molecule is Cc1ccc2c(c1)C1(c3ccccc3-2)c2ccccc2-c2ccc(P(=O)(c3ccccc3)c3ccccc3)cc21. The molecular weight excluding hydrogens is 503 g/mol. The normalized spacial score (nSPS) is 16.3. The van der Waals surface area contributed by atoms with E-state index >= 15 is 4.57 Å². The van der Waals surface area contributed by atoms with E-state index in [1.165, 1.54) is 50.1 Å². The van der Waals surface area contributed by atoms with Gasteiger partial charge in [-0.25, -0.2) is 0 Å². The molecule has 6 aromatic rings. The second kappa shape index (κ2) is 8.52. The minimum Gasteiger partial charge on any atom is -0.309 e. The van der Waals surface area contributed by atoms with Crippen molar-refractivity contribution in [1.82, 2.24) is 0 Å². The highest BCUT2D eigenvalue weighted by molar-refractivity contribution is 7.85. The molecule has 6 aromatic carbocycles. The third kappa shape index (κ3) is 2.96. The molecule has 1 unspecified atom stereocenters. The molecule has 0 aliphatic heterocycles. The van der Waals surface area contributed by atoms with Crippen molar-refractivity contribution in [3.05, 3.63) is 173 Å². The van der Waals surface area contributed by atoms with Crippen LogP contribution in [0.1, 0.15) is 27.8 Å². The Kier molecular flexibility index (Phi) is 4.99. The maximum atomic E-state index is 15.4. The van der Waals surface area contributed by atoms with Crippen LogP contribution in [0.25, 0.3) is 22.3 Å². The van der Waals surface area contributed by atoms with Gasteiger partial charge in [-0.2, -0.15) is 0 Å². The Morgan fingerprint density at radius 3 is 1.45 bits per heavy atom. The molecule has 0 saturated heterocycles. The fourth-order valence-electron chi connectivity index (χ4n) is 7.16. The Balaban J connectivity index is 1.50. The van der Waals surface area contributed by atoms with Crippen LogP contribution in [0.15, 0.2) is 146 Å². The van der Waals surface area contributed by atoms with E-state index < -0.39 is 12.6 Å². The minimum atomic E-state index is -3.14. The smallest absolute Gasteiger partial charge is 0.171 e. The Bertz CT molecular complexity index is 1930. The third-order valence-electron chi connectivity index (χ3n) is 8.83. The van der Waals surface area contributed by atoms with E-state index in [2.05, 4.69) is 91.9 Å². The number of benzene rings is 6. The zero-order valence-electron chi connectivity index (χ0n) is 22.2. The van der Waals surface area contributed by atoms with Gasteiger partial charge in [-0.3, -0.25) is 0 Å². The standard InChI is InChI=1S/C38H27OP/c1-26-20-22-32-30-16-8-10-18-34(30)38(36(32)24-26)35-19-11-9-17-31(35)33-23-21-29(25-37(33)38)40(39,27-12-4-2-5-13-27)28-14-6-3-7-15-28/h2-25H,1H3. The zero-order chi connectivity index (χ0) is 26.9. The van der Waals surface area contributed by atoms with Crippen molar-refractivity contribution in [3.8, 4) is 22.3 Å². The Labute approximate surface area is 235 Å². The molecule has 0 amide bonds. The molecule has 1 atom stereocenters. The lowest BCUT2D eigenvalue weighted by Gasteiger charge is -2.31. The first kappa shape index (κ1) is 23.4. The molecule has 0 saturated carbocycles. The molecule has 0 bridgehead atoms. The highest BCUT2D eigenvalue weighted by Gasteiger charge is 2.52. The van der Waals surface area contributed by atoms with Gasteiger partial charge in [-0.1, -0.05) is 145 Å². The van der Waals surface area contributed by atoms with Gasteiger partial charge in [0.2, 0.25) is 0 Å². The van der Waals surface area contributed by atoms with E-state index in [0.29, 0.717) is 0 Å². The van der Waals surface area contributed by atoms with Crippen molar-refractivity contribution in [3.63, 3.8) is 0 Å². The van der Waals surface area contributed by atoms with Gasteiger partial charge in [0.25, 0.3) is 0 Å². The molecule has 1 spiro atoms. The number of hydrogen-bond acceptors (Lipinski definition) is 1. The largest absolute Gasteiger partial charge is 0.309 e. The van der Waals surface area contributed by atoms with E-state index in [1.54, 1.807) is 0 Å². The number of hydrogen-bond donors (Lipinski definition) is 0. The summed E-state index contributed by atoms with van der Waals surface area (Å²) >= 11 is 0. The molecule has 0 radical (unpaired) electrons.